The molecule has 1 fully saturated rings. The molecule has 0 bridgehead atoms. The molecule has 1 aliphatic rings. The van der Waals surface area contributed by atoms with Crippen molar-refractivity contribution >= 4 is 5.82 Å². The number of nitrogens with zero attached hydrogens (tertiary/aromatic N) is 2. The first-order valence-corrected chi connectivity index (χ1v) is 7.16. The normalized spacial score (nSPS) is 18.6. The number of aromatic nitrogens is 1. The minimum absolute atomic E-state index is 0.0934. The molecule has 0 aliphatic carbocycles. The van der Waals surface area contributed by atoms with Crippen LogP contribution >= 0.6 is 0 Å². The predicted octanol–water partition coefficient (Wildman–Crippen LogP) is 2.20. The summed E-state index contributed by atoms with van der Waals surface area (Å²) in [6.07, 6.45) is 3.03. The van der Waals surface area contributed by atoms with E-state index in [9.17, 15) is 0 Å². The number of morpholine rings is 1. The first kappa shape index (κ1) is 14.3. The van der Waals surface area contributed by atoms with Gasteiger partial charge in [-0.25, -0.2) is 4.98 Å². The van der Waals surface area contributed by atoms with Crippen molar-refractivity contribution in [2.45, 2.75) is 39.3 Å². The number of hydrogen-bond donors (Lipinski definition) is 1. The third-order valence-corrected chi connectivity index (χ3v) is 3.33. The summed E-state index contributed by atoms with van der Waals surface area (Å²) in [6, 6.07) is 4.17. The lowest BCUT2D eigenvalue weighted by Gasteiger charge is -2.39. The van der Waals surface area contributed by atoms with Crippen LogP contribution in [0.25, 0.3) is 0 Å². The molecule has 1 aliphatic heterocycles. The summed E-state index contributed by atoms with van der Waals surface area (Å²) < 4.78 is 5.77. The van der Waals surface area contributed by atoms with Crippen molar-refractivity contribution < 1.29 is 4.74 Å². The van der Waals surface area contributed by atoms with Crippen molar-refractivity contribution in [3.05, 3.63) is 23.9 Å². The van der Waals surface area contributed by atoms with Crippen LogP contribution in [0, 0.1) is 0 Å². The molecule has 4 heteroatoms. The molecule has 0 unspecified atom stereocenters. The predicted molar refractivity (Wildman–Crippen MR) is 78.5 cm³/mol. The van der Waals surface area contributed by atoms with Crippen molar-refractivity contribution in [1.82, 2.24) is 10.3 Å². The Bertz CT molecular complexity index is 406. The monoisotopic (exact) mass is 263 g/mol. The molecule has 2 heterocycles. The first-order chi connectivity index (χ1) is 9.12. The molecule has 0 saturated carbocycles. The standard InChI is InChI=1S/C15H25N3O/c1-4-7-16-11-13-6-5-8-17-14(13)18-9-10-19-15(2,3)12-18/h5-6,8,16H,4,7,9-12H2,1-3H3. The zero-order valence-corrected chi connectivity index (χ0v) is 12.3. The van der Waals surface area contributed by atoms with Gasteiger partial charge in [0.1, 0.15) is 5.82 Å². The highest BCUT2D eigenvalue weighted by molar-refractivity contribution is 5.47. The number of rotatable bonds is 5. The van der Waals surface area contributed by atoms with Gasteiger partial charge in [0.2, 0.25) is 0 Å². The quantitative estimate of drug-likeness (QED) is 0.826. The van der Waals surface area contributed by atoms with Gasteiger partial charge in [0, 0.05) is 31.4 Å². The van der Waals surface area contributed by atoms with Gasteiger partial charge in [-0.3, -0.25) is 0 Å². The molecule has 1 N–H and O–H groups in total. The summed E-state index contributed by atoms with van der Waals surface area (Å²) in [5.74, 6) is 1.10. The van der Waals surface area contributed by atoms with E-state index >= 15 is 0 Å². The second-order valence-electron chi connectivity index (χ2n) is 5.69. The van der Waals surface area contributed by atoms with Crippen molar-refractivity contribution in [3.63, 3.8) is 0 Å². The van der Waals surface area contributed by atoms with Gasteiger partial charge in [-0.1, -0.05) is 13.0 Å². The minimum atomic E-state index is -0.0934. The molecule has 0 aromatic carbocycles. The summed E-state index contributed by atoms with van der Waals surface area (Å²) in [5, 5.41) is 3.45. The van der Waals surface area contributed by atoms with E-state index in [0.717, 1.165) is 45.0 Å². The summed E-state index contributed by atoms with van der Waals surface area (Å²) in [5.41, 5.74) is 1.18. The van der Waals surface area contributed by atoms with Crippen molar-refractivity contribution in [2.75, 3.05) is 31.1 Å². The average Bonchev–Trinajstić information content (AvgIpc) is 2.38. The van der Waals surface area contributed by atoms with Gasteiger partial charge >= 0.3 is 0 Å². The highest BCUT2D eigenvalue weighted by atomic mass is 16.5. The van der Waals surface area contributed by atoms with E-state index in [0.29, 0.717) is 0 Å². The molecule has 0 atom stereocenters. The Morgan fingerprint density at radius 3 is 3.05 bits per heavy atom. The molecule has 0 spiro atoms. The van der Waals surface area contributed by atoms with Crippen LogP contribution in [0.15, 0.2) is 18.3 Å². The van der Waals surface area contributed by atoms with E-state index in [4.69, 9.17) is 4.74 Å². The molecule has 19 heavy (non-hydrogen) atoms. The third kappa shape index (κ3) is 3.91. The van der Waals surface area contributed by atoms with Gasteiger partial charge in [0.25, 0.3) is 0 Å². The summed E-state index contributed by atoms with van der Waals surface area (Å²) >= 11 is 0. The molecule has 0 radical (unpaired) electrons. The lowest BCUT2D eigenvalue weighted by Crippen LogP contribution is -2.49. The van der Waals surface area contributed by atoms with Crippen LogP contribution in [0.4, 0.5) is 5.82 Å². The van der Waals surface area contributed by atoms with E-state index in [1.165, 1.54) is 5.56 Å². The number of pyridine rings is 1. The van der Waals surface area contributed by atoms with Gasteiger partial charge in [-0.2, -0.15) is 0 Å². The van der Waals surface area contributed by atoms with Crippen molar-refractivity contribution in [1.29, 1.82) is 0 Å². The Balaban J connectivity index is 2.10. The van der Waals surface area contributed by atoms with Crippen molar-refractivity contribution in [2.24, 2.45) is 0 Å². The molecule has 1 aromatic rings. The van der Waals surface area contributed by atoms with Crippen LogP contribution in [0.5, 0.6) is 0 Å². The van der Waals surface area contributed by atoms with Crippen molar-refractivity contribution in [3.8, 4) is 0 Å². The second-order valence-corrected chi connectivity index (χ2v) is 5.69. The molecule has 4 nitrogen and oxygen atoms in total. The minimum Gasteiger partial charge on any atom is -0.372 e. The number of anilines is 1. The van der Waals surface area contributed by atoms with Crippen LogP contribution in [-0.4, -0.2) is 36.8 Å². The average molecular weight is 263 g/mol. The van der Waals surface area contributed by atoms with Crippen LogP contribution in [0.2, 0.25) is 0 Å². The maximum Gasteiger partial charge on any atom is 0.133 e. The Hall–Kier alpha value is -1.13. The SMILES string of the molecule is CCCNCc1cccnc1N1CCOC(C)(C)C1. The van der Waals surface area contributed by atoms with Crippen LogP contribution in [0.1, 0.15) is 32.8 Å². The number of hydrogen-bond acceptors (Lipinski definition) is 4. The van der Waals surface area contributed by atoms with E-state index in [1.807, 2.05) is 12.3 Å². The molecule has 106 valence electrons. The van der Waals surface area contributed by atoms with Gasteiger partial charge in [0.15, 0.2) is 0 Å². The summed E-state index contributed by atoms with van der Waals surface area (Å²) in [7, 11) is 0. The molecule has 1 aromatic heterocycles. The number of nitrogens with one attached hydrogen (secondary N) is 1. The van der Waals surface area contributed by atoms with E-state index in [1.54, 1.807) is 0 Å². The summed E-state index contributed by atoms with van der Waals surface area (Å²) in [6.45, 7) is 11.0. The summed E-state index contributed by atoms with van der Waals surface area (Å²) in [4.78, 5) is 6.92. The third-order valence-electron chi connectivity index (χ3n) is 3.33. The van der Waals surface area contributed by atoms with E-state index < -0.39 is 0 Å². The van der Waals surface area contributed by atoms with Crippen LogP contribution in [0.3, 0.4) is 0 Å². The van der Waals surface area contributed by atoms with E-state index in [2.05, 4.69) is 42.0 Å². The van der Waals surface area contributed by atoms with E-state index in [-0.39, 0.29) is 5.60 Å². The zero-order valence-electron chi connectivity index (χ0n) is 12.3. The largest absolute Gasteiger partial charge is 0.372 e. The maximum absolute atomic E-state index is 5.77. The Labute approximate surface area is 116 Å². The fourth-order valence-electron chi connectivity index (χ4n) is 2.45. The molecular formula is C15H25N3O. The fourth-order valence-corrected chi connectivity index (χ4v) is 2.45. The van der Waals surface area contributed by atoms with Gasteiger partial charge in [0.05, 0.1) is 12.2 Å². The zero-order chi connectivity index (χ0) is 13.7. The molecule has 0 amide bonds. The van der Waals surface area contributed by atoms with Crippen LogP contribution in [-0.2, 0) is 11.3 Å². The van der Waals surface area contributed by atoms with Gasteiger partial charge in [-0.05, 0) is 32.9 Å². The molecule has 2 rings (SSSR count). The van der Waals surface area contributed by atoms with Crippen LogP contribution < -0.4 is 10.2 Å². The smallest absolute Gasteiger partial charge is 0.133 e. The lowest BCUT2D eigenvalue weighted by molar-refractivity contribution is -0.0279. The first-order valence-electron chi connectivity index (χ1n) is 7.16. The lowest BCUT2D eigenvalue weighted by atomic mass is 10.1. The Kier molecular flexibility index (Phi) is 4.77. The second kappa shape index (κ2) is 6.35. The van der Waals surface area contributed by atoms with Gasteiger partial charge in [-0.15, -0.1) is 0 Å². The van der Waals surface area contributed by atoms with Gasteiger partial charge < -0.3 is 15.0 Å². The fraction of sp³-hybridized carbons (Fsp3) is 0.667. The Morgan fingerprint density at radius 1 is 1.47 bits per heavy atom. The number of ether oxygens (including phenoxy) is 1. The molecule has 1 saturated heterocycles. The Morgan fingerprint density at radius 2 is 2.32 bits per heavy atom. The molecular weight excluding hydrogens is 238 g/mol. The highest BCUT2D eigenvalue weighted by Crippen LogP contribution is 2.24. The maximum atomic E-state index is 5.77. The highest BCUT2D eigenvalue weighted by Gasteiger charge is 2.28. The topological polar surface area (TPSA) is 37.4 Å².